The van der Waals surface area contributed by atoms with Crippen molar-refractivity contribution in [1.82, 2.24) is 15.5 Å². The van der Waals surface area contributed by atoms with Crippen LogP contribution in [0.4, 0.5) is 0 Å². The van der Waals surface area contributed by atoms with Crippen LogP contribution in [-0.4, -0.2) is 76.9 Å². The Bertz CT molecular complexity index is 586. The molecule has 1 fully saturated rings. The topological polar surface area (TPSA) is 75.2 Å². The molecule has 0 radical (unpaired) electrons. The third kappa shape index (κ3) is 9.20. The van der Waals surface area contributed by atoms with Crippen molar-refractivity contribution in [3.63, 3.8) is 0 Å². The summed E-state index contributed by atoms with van der Waals surface area (Å²) in [5.41, 5.74) is 1.27. The van der Waals surface area contributed by atoms with Gasteiger partial charge < -0.3 is 25.0 Å². The monoisotopic (exact) mass is 504 g/mol. The van der Waals surface area contributed by atoms with E-state index < -0.39 is 0 Å². The highest BCUT2D eigenvalue weighted by Crippen LogP contribution is 2.17. The van der Waals surface area contributed by atoms with Crippen LogP contribution in [0.1, 0.15) is 12.0 Å². The first-order valence-electron chi connectivity index (χ1n) is 9.55. The summed E-state index contributed by atoms with van der Waals surface area (Å²) in [4.78, 5) is 18.4. The Morgan fingerprint density at radius 2 is 2.00 bits per heavy atom. The van der Waals surface area contributed by atoms with Crippen molar-refractivity contribution in [2.75, 3.05) is 60.2 Å². The van der Waals surface area contributed by atoms with Gasteiger partial charge in [0, 0.05) is 52.7 Å². The van der Waals surface area contributed by atoms with E-state index in [-0.39, 0.29) is 29.9 Å². The fraction of sp³-hybridized carbons (Fsp3) is 0.600. The quantitative estimate of drug-likeness (QED) is 0.207. The number of carbonyl (C=O) groups is 1. The fourth-order valence-corrected chi connectivity index (χ4v) is 3.06. The van der Waals surface area contributed by atoms with Gasteiger partial charge in [0.2, 0.25) is 5.91 Å². The van der Waals surface area contributed by atoms with Crippen LogP contribution in [-0.2, 0) is 20.7 Å². The van der Waals surface area contributed by atoms with Crippen LogP contribution < -0.4 is 10.6 Å². The number of aliphatic imine (C=N–C) groups is 1. The predicted octanol–water partition coefficient (Wildman–Crippen LogP) is 1.52. The number of methoxy groups -OCH3 is 1. The van der Waals surface area contributed by atoms with E-state index in [4.69, 9.17) is 9.47 Å². The molecule has 28 heavy (non-hydrogen) atoms. The lowest BCUT2D eigenvalue weighted by atomic mass is 10.1. The molecule has 1 atom stereocenters. The largest absolute Gasteiger partial charge is 0.382 e. The molecule has 1 aromatic rings. The van der Waals surface area contributed by atoms with Gasteiger partial charge >= 0.3 is 0 Å². The molecule has 1 aromatic carbocycles. The molecule has 0 spiro atoms. The Morgan fingerprint density at radius 1 is 1.21 bits per heavy atom. The van der Waals surface area contributed by atoms with Crippen molar-refractivity contribution in [3.8, 4) is 0 Å². The molecule has 1 aliphatic rings. The number of carbonyl (C=O) groups excluding carboxylic acids is 1. The van der Waals surface area contributed by atoms with Crippen LogP contribution in [0.3, 0.4) is 0 Å². The highest BCUT2D eigenvalue weighted by molar-refractivity contribution is 14.0. The number of guanidine groups is 1. The number of nitrogens with one attached hydrogen (secondary N) is 2. The van der Waals surface area contributed by atoms with E-state index in [1.54, 1.807) is 14.2 Å². The smallest absolute Gasteiger partial charge is 0.223 e. The molecule has 7 nitrogen and oxygen atoms in total. The maximum atomic E-state index is 12.2. The Morgan fingerprint density at radius 3 is 2.71 bits per heavy atom. The molecule has 0 bridgehead atoms. The number of rotatable bonds is 11. The summed E-state index contributed by atoms with van der Waals surface area (Å²) in [6.45, 7) is 4.78. The highest BCUT2D eigenvalue weighted by Gasteiger charge is 2.29. The molecule has 1 amide bonds. The van der Waals surface area contributed by atoms with Gasteiger partial charge in [-0.2, -0.15) is 0 Å². The summed E-state index contributed by atoms with van der Waals surface area (Å²) < 4.78 is 10.3. The molecule has 1 unspecified atom stereocenters. The fourth-order valence-electron chi connectivity index (χ4n) is 3.06. The van der Waals surface area contributed by atoms with E-state index in [1.165, 1.54) is 5.56 Å². The van der Waals surface area contributed by atoms with Crippen LogP contribution in [0.15, 0.2) is 35.3 Å². The number of nitrogens with zero attached hydrogens (tertiary/aromatic N) is 2. The third-order valence-corrected chi connectivity index (χ3v) is 4.56. The molecule has 1 saturated heterocycles. The average molecular weight is 504 g/mol. The molecule has 158 valence electrons. The highest BCUT2D eigenvalue weighted by atomic mass is 127. The van der Waals surface area contributed by atoms with Crippen molar-refractivity contribution in [1.29, 1.82) is 0 Å². The standard InChI is InChI=1S/C20H32N4O3.HI/c1-21-20(22-9-11-27-13-12-26-2)23-15-18-14-19(25)24(16-18)10-8-17-6-4-3-5-7-17;/h3-7,18H,8-16H2,1-2H3,(H2,21,22,23);1H. The first-order valence-corrected chi connectivity index (χ1v) is 9.55. The van der Waals surface area contributed by atoms with Gasteiger partial charge in [-0.3, -0.25) is 9.79 Å². The van der Waals surface area contributed by atoms with Gasteiger partial charge in [0.05, 0.1) is 19.8 Å². The second-order valence-electron chi connectivity index (χ2n) is 6.63. The Kier molecular flexibility index (Phi) is 12.8. The summed E-state index contributed by atoms with van der Waals surface area (Å²) in [5, 5.41) is 6.52. The molecule has 2 N–H and O–H groups in total. The number of amides is 1. The zero-order chi connectivity index (χ0) is 19.3. The summed E-state index contributed by atoms with van der Waals surface area (Å²) in [6.07, 6.45) is 1.50. The molecule has 1 heterocycles. The molecular weight excluding hydrogens is 471 g/mol. The molecular formula is C20H33IN4O3. The maximum absolute atomic E-state index is 12.2. The number of hydrogen-bond donors (Lipinski definition) is 2. The van der Waals surface area contributed by atoms with Gasteiger partial charge in [0.25, 0.3) is 0 Å². The molecule has 8 heteroatoms. The zero-order valence-corrected chi connectivity index (χ0v) is 19.2. The minimum Gasteiger partial charge on any atom is -0.382 e. The third-order valence-electron chi connectivity index (χ3n) is 4.56. The van der Waals surface area contributed by atoms with Crippen LogP contribution >= 0.6 is 24.0 Å². The van der Waals surface area contributed by atoms with Gasteiger partial charge in [-0.05, 0) is 12.0 Å². The number of likely N-dealkylation sites (tertiary alicyclic amines) is 1. The lowest BCUT2D eigenvalue weighted by Crippen LogP contribution is -2.41. The van der Waals surface area contributed by atoms with E-state index in [2.05, 4.69) is 27.8 Å². The maximum Gasteiger partial charge on any atom is 0.223 e. The van der Waals surface area contributed by atoms with Gasteiger partial charge in [0.15, 0.2) is 5.96 Å². The van der Waals surface area contributed by atoms with E-state index in [1.807, 2.05) is 23.1 Å². The summed E-state index contributed by atoms with van der Waals surface area (Å²) in [5.74, 6) is 1.29. The average Bonchev–Trinajstić information content (AvgIpc) is 3.05. The van der Waals surface area contributed by atoms with Gasteiger partial charge in [-0.15, -0.1) is 24.0 Å². The molecule has 0 saturated carbocycles. The van der Waals surface area contributed by atoms with Crippen LogP contribution in [0.25, 0.3) is 0 Å². The number of hydrogen-bond acceptors (Lipinski definition) is 4. The SMILES string of the molecule is CN=C(NCCOCCOC)NCC1CC(=O)N(CCc2ccccc2)C1.I. The summed E-state index contributed by atoms with van der Waals surface area (Å²) in [6, 6.07) is 10.3. The molecule has 1 aliphatic heterocycles. The first kappa shape index (κ1) is 24.6. The second-order valence-corrected chi connectivity index (χ2v) is 6.63. The first-order chi connectivity index (χ1) is 13.2. The Balaban J connectivity index is 0.00000392. The van der Waals surface area contributed by atoms with E-state index in [0.29, 0.717) is 38.7 Å². The van der Waals surface area contributed by atoms with Crippen LogP contribution in [0.5, 0.6) is 0 Å². The lowest BCUT2D eigenvalue weighted by Gasteiger charge is -2.18. The van der Waals surface area contributed by atoms with Crippen molar-refractivity contribution >= 4 is 35.8 Å². The van der Waals surface area contributed by atoms with Gasteiger partial charge in [0.1, 0.15) is 0 Å². The minimum atomic E-state index is 0. The zero-order valence-electron chi connectivity index (χ0n) is 16.9. The van der Waals surface area contributed by atoms with Gasteiger partial charge in [-0.1, -0.05) is 30.3 Å². The summed E-state index contributed by atoms with van der Waals surface area (Å²) >= 11 is 0. The Labute approximate surface area is 185 Å². The summed E-state index contributed by atoms with van der Waals surface area (Å²) in [7, 11) is 3.40. The van der Waals surface area contributed by atoms with Crippen molar-refractivity contribution < 1.29 is 14.3 Å². The number of benzene rings is 1. The van der Waals surface area contributed by atoms with Crippen LogP contribution in [0, 0.1) is 5.92 Å². The van der Waals surface area contributed by atoms with E-state index in [9.17, 15) is 4.79 Å². The number of halogens is 1. The van der Waals surface area contributed by atoms with Crippen molar-refractivity contribution in [3.05, 3.63) is 35.9 Å². The van der Waals surface area contributed by atoms with Crippen molar-refractivity contribution in [2.45, 2.75) is 12.8 Å². The molecule has 2 rings (SSSR count). The molecule has 0 aliphatic carbocycles. The molecule has 0 aromatic heterocycles. The predicted molar refractivity (Wildman–Crippen MR) is 122 cm³/mol. The van der Waals surface area contributed by atoms with E-state index >= 15 is 0 Å². The van der Waals surface area contributed by atoms with Gasteiger partial charge in [-0.25, -0.2) is 0 Å². The van der Waals surface area contributed by atoms with Crippen molar-refractivity contribution in [2.24, 2.45) is 10.9 Å². The number of ether oxygens (including phenoxy) is 2. The minimum absolute atomic E-state index is 0. The Hall–Kier alpha value is -1.39. The van der Waals surface area contributed by atoms with Crippen LogP contribution in [0.2, 0.25) is 0 Å². The normalized spacial score (nSPS) is 16.8. The lowest BCUT2D eigenvalue weighted by molar-refractivity contribution is -0.127. The van der Waals surface area contributed by atoms with E-state index in [0.717, 1.165) is 32.0 Å². The second kappa shape index (κ2) is 14.6.